The quantitative estimate of drug-likeness (QED) is 0.281. The van der Waals surface area contributed by atoms with E-state index in [-0.39, 0.29) is 12.8 Å². The Morgan fingerprint density at radius 2 is 1.82 bits per heavy atom. The van der Waals surface area contributed by atoms with Gasteiger partial charge in [0.15, 0.2) is 6.29 Å². The molecule has 0 aromatic heterocycles. The van der Waals surface area contributed by atoms with Crippen LogP contribution in [0.3, 0.4) is 0 Å². The van der Waals surface area contributed by atoms with Crippen LogP contribution >= 0.6 is 0 Å². The van der Waals surface area contributed by atoms with Crippen molar-refractivity contribution in [2.24, 2.45) is 0 Å². The first-order valence-electron chi connectivity index (χ1n) is 2.94. The highest BCUT2D eigenvalue weighted by molar-refractivity contribution is 5.69. The molecule has 6 nitrogen and oxygen atoms in total. The lowest BCUT2D eigenvalue weighted by molar-refractivity contribution is -0.230. The number of hydrogen-bond donors (Lipinski definition) is 4. The number of carbonyl (C=O) groups excluding carboxylic acids is 1. The van der Waals surface area contributed by atoms with E-state index in [4.69, 9.17) is 20.4 Å². The molecule has 0 aromatic carbocycles. The number of hydrogen-bond acceptors (Lipinski definition) is 6. The minimum atomic E-state index is -2.14. The molecule has 11 heavy (non-hydrogen) atoms. The molecule has 0 aromatic rings. The van der Waals surface area contributed by atoms with E-state index in [2.05, 4.69) is 4.74 Å². The van der Waals surface area contributed by atoms with Crippen molar-refractivity contribution >= 4 is 5.97 Å². The van der Waals surface area contributed by atoms with Crippen LogP contribution in [0.2, 0.25) is 0 Å². The summed E-state index contributed by atoms with van der Waals surface area (Å²) >= 11 is 0. The van der Waals surface area contributed by atoms with Crippen LogP contribution in [0.25, 0.3) is 0 Å². The average Bonchev–Trinajstić information content (AvgIpc) is 1.82. The van der Waals surface area contributed by atoms with E-state index in [1.54, 1.807) is 0 Å². The zero-order chi connectivity index (χ0) is 8.85. The molecule has 0 radical (unpaired) electrons. The van der Waals surface area contributed by atoms with Crippen molar-refractivity contribution in [1.82, 2.24) is 0 Å². The Morgan fingerprint density at radius 3 is 2.18 bits per heavy atom. The monoisotopic (exact) mass is 166 g/mol. The molecule has 0 aliphatic heterocycles. The van der Waals surface area contributed by atoms with E-state index < -0.39 is 18.7 Å². The predicted octanol–water partition coefficient (Wildman–Crippen LogP) is -2.11. The summed E-state index contributed by atoms with van der Waals surface area (Å²) in [7, 11) is 0. The molecule has 0 aliphatic carbocycles. The Bertz CT molecular complexity index is 120. The molecule has 0 amide bonds. The molecule has 6 heteroatoms. The van der Waals surface area contributed by atoms with E-state index >= 15 is 0 Å². The van der Waals surface area contributed by atoms with Crippen LogP contribution in [0.15, 0.2) is 0 Å². The van der Waals surface area contributed by atoms with Gasteiger partial charge in [0.05, 0.1) is 6.42 Å². The van der Waals surface area contributed by atoms with Gasteiger partial charge >= 0.3 is 12.4 Å². The van der Waals surface area contributed by atoms with Crippen molar-refractivity contribution in [3.63, 3.8) is 0 Å². The Labute approximate surface area is 62.7 Å². The maximum Gasteiger partial charge on any atom is 0.313 e. The van der Waals surface area contributed by atoms with E-state index in [9.17, 15) is 4.79 Å². The highest BCUT2D eigenvalue weighted by Crippen LogP contribution is 1.96. The van der Waals surface area contributed by atoms with Crippen LogP contribution in [0.5, 0.6) is 0 Å². The van der Waals surface area contributed by atoms with Gasteiger partial charge in [0.1, 0.15) is 0 Å². The summed E-state index contributed by atoms with van der Waals surface area (Å²) in [5.74, 6) is -0.895. The van der Waals surface area contributed by atoms with E-state index in [1.807, 2.05) is 0 Å². The summed E-state index contributed by atoms with van der Waals surface area (Å²) in [4.78, 5) is 10.4. The Hall–Kier alpha value is -0.690. The van der Waals surface area contributed by atoms with Gasteiger partial charge in [0, 0.05) is 6.42 Å². The second-order valence-corrected chi connectivity index (χ2v) is 1.84. The van der Waals surface area contributed by atoms with Gasteiger partial charge in [0.25, 0.3) is 0 Å². The third kappa shape index (κ3) is 7.20. The highest BCUT2D eigenvalue weighted by atomic mass is 16.7. The van der Waals surface area contributed by atoms with E-state index in [0.29, 0.717) is 0 Å². The van der Waals surface area contributed by atoms with Gasteiger partial charge in [0.2, 0.25) is 0 Å². The van der Waals surface area contributed by atoms with Gasteiger partial charge in [-0.1, -0.05) is 0 Å². The van der Waals surface area contributed by atoms with Crippen LogP contribution in [-0.2, 0) is 9.53 Å². The van der Waals surface area contributed by atoms with Crippen LogP contribution in [0.4, 0.5) is 0 Å². The second-order valence-electron chi connectivity index (χ2n) is 1.84. The molecule has 66 valence electrons. The molecular formula is C5H10O6. The van der Waals surface area contributed by atoms with Crippen molar-refractivity contribution in [2.45, 2.75) is 25.6 Å². The summed E-state index contributed by atoms with van der Waals surface area (Å²) in [5.41, 5.74) is 0. The molecule has 0 saturated heterocycles. The first-order chi connectivity index (χ1) is 5.02. The molecule has 0 saturated carbocycles. The molecular weight excluding hydrogens is 156 g/mol. The van der Waals surface area contributed by atoms with E-state index in [0.717, 1.165) is 0 Å². The lowest BCUT2D eigenvalue weighted by Gasteiger charge is -2.05. The second kappa shape index (κ2) is 5.03. The molecule has 0 unspecified atom stereocenters. The lowest BCUT2D eigenvalue weighted by Crippen LogP contribution is -2.18. The minimum Gasteiger partial charge on any atom is -0.411 e. The molecule has 0 fully saturated rings. The highest BCUT2D eigenvalue weighted by Gasteiger charge is 2.08. The van der Waals surface area contributed by atoms with Crippen molar-refractivity contribution < 1.29 is 30.0 Å². The number of carbonyl (C=O) groups is 1. The molecule has 0 aliphatic rings. The summed E-state index contributed by atoms with van der Waals surface area (Å²) < 4.78 is 3.85. The number of esters is 1. The van der Waals surface area contributed by atoms with Gasteiger partial charge in [-0.25, -0.2) is 0 Å². The summed E-state index contributed by atoms with van der Waals surface area (Å²) in [5, 5.41) is 32.7. The molecule has 0 rings (SSSR count). The number of aliphatic hydroxyl groups excluding tert-OH is 2. The minimum absolute atomic E-state index is 0.189. The summed E-state index contributed by atoms with van der Waals surface area (Å²) in [6.07, 6.45) is -2.04. The summed E-state index contributed by atoms with van der Waals surface area (Å²) in [6.45, 7) is -2.14. The van der Waals surface area contributed by atoms with Crippen LogP contribution in [0.1, 0.15) is 12.8 Å². The third-order valence-electron chi connectivity index (χ3n) is 0.844. The fraction of sp³-hybridized carbons (Fsp3) is 0.800. The number of rotatable bonds is 4. The van der Waals surface area contributed by atoms with Crippen molar-refractivity contribution in [3.05, 3.63) is 0 Å². The van der Waals surface area contributed by atoms with Gasteiger partial charge in [-0.3, -0.25) is 4.79 Å². The van der Waals surface area contributed by atoms with Gasteiger partial charge in [-0.2, -0.15) is 0 Å². The molecule has 4 N–H and O–H groups in total. The number of aliphatic hydroxyl groups is 4. The maximum atomic E-state index is 10.4. The van der Waals surface area contributed by atoms with Crippen molar-refractivity contribution in [1.29, 1.82) is 0 Å². The molecule has 0 heterocycles. The SMILES string of the molecule is O=C(CCC(O)O)OC(O)O. The Balaban J connectivity index is 3.38. The van der Waals surface area contributed by atoms with E-state index in [1.165, 1.54) is 0 Å². The van der Waals surface area contributed by atoms with Gasteiger partial charge in [-0.05, 0) is 0 Å². The molecule has 0 bridgehead atoms. The topological polar surface area (TPSA) is 107 Å². The van der Waals surface area contributed by atoms with Gasteiger partial charge in [-0.15, -0.1) is 0 Å². The first kappa shape index (κ1) is 10.3. The van der Waals surface area contributed by atoms with Crippen molar-refractivity contribution in [3.8, 4) is 0 Å². The largest absolute Gasteiger partial charge is 0.411 e. The fourth-order valence-electron chi connectivity index (χ4n) is 0.423. The molecule has 0 spiro atoms. The Morgan fingerprint density at radius 1 is 1.27 bits per heavy atom. The number of ether oxygens (including phenoxy) is 1. The maximum absolute atomic E-state index is 10.4. The van der Waals surface area contributed by atoms with Gasteiger partial charge < -0.3 is 25.2 Å². The molecule has 0 atom stereocenters. The van der Waals surface area contributed by atoms with Crippen LogP contribution < -0.4 is 0 Å². The van der Waals surface area contributed by atoms with Crippen LogP contribution in [-0.4, -0.2) is 39.2 Å². The smallest absolute Gasteiger partial charge is 0.313 e. The predicted molar refractivity (Wildman–Crippen MR) is 31.8 cm³/mol. The third-order valence-corrected chi connectivity index (χ3v) is 0.844. The normalized spacial score (nSPS) is 10.7. The zero-order valence-corrected chi connectivity index (χ0v) is 5.67. The van der Waals surface area contributed by atoms with Crippen molar-refractivity contribution in [2.75, 3.05) is 0 Å². The first-order valence-corrected chi connectivity index (χ1v) is 2.94. The summed E-state index contributed by atoms with van der Waals surface area (Å²) in [6, 6.07) is 0. The zero-order valence-electron chi connectivity index (χ0n) is 5.67. The Kier molecular flexibility index (Phi) is 4.71. The standard InChI is InChI=1S/C5H10O6/c6-3(7)1-2-4(8)11-5(9)10/h3,5-7,9-10H,1-2H2. The fourth-order valence-corrected chi connectivity index (χ4v) is 0.423. The van der Waals surface area contributed by atoms with Crippen LogP contribution in [0, 0.1) is 0 Å². The lowest BCUT2D eigenvalue weighted by atomic mass is 10.3. The average molecular weight is 166 g/mol.